The number of nitro benzene ring substituents is 1. The van der Waals surface area contributed by atoms with Crippen LogP contribution in [0, 0.1) is 13.7 Å². The quantitative estimate of drug-likeness (QED) is 0.480. The lowest BCUT2D eigenvalue weighted by atomic mass is 10.2. The molecule has 0 aliphatic carbocycles. The molecule has 0 bridgehead atoms. The Hall–Kier alpha value is -1.44. The third-order valence-electron chi connectivity index (χ3n) is 2.58. The summed E-state index contributed by atoms with van der Waals surface area (Å²) in [4.78, 5) is 15.0. The molecule has 0 aliphatic heterocycles. The first kappa shape index (κ1) is 13.0. The summed E-state index contributed by atoms with van der Waals surface area (Å²) < 4.78 is 2.62. The average molecular weight is 357 g/mol. The molecule has 0 aliphatic rings. The first-order chi connectivity index (χ1) is 8.50. The van der Waals surface area contributed by atoms with Gasteiger partial charge in [0.05, 0.1) is 4.92 Å². The maximum Gasteiger partial charge on any atom is 0.294 e. The predicted molar refractivity (Wildman–Crippen MR) is 77.0 cm³/mol. The van der Waals surface area contributed by atoms with E-state index in [2.05, 4.69) is 27.6 Å². The van der Waals surface area contributed by atoms with E-state index in [1.807, 2.05) is 19.9 Å². The molecule has 0 amide bonds. The van der Waals surface area contributed by atoms with Crippen molar-refractivity contribution in [3.05, 3.63) is 50.1 Å². The zero-order valence-corrected chi connectivity index (χ0v) is 12.2. The molecule has 2 aromatic rings. The van der Waals surface area contributed by atoms with Gasteiger partial charge in [-0.1, -0.05) is 13.8 Å². The second-order valence-corrected chi connectivity index (χ2v) is 5.45. The van der Waals surface area contributed by atoms with Gasteiger partial charge in [-0.25, -0.2) is 4.98 Å². The van der Waals surface area contributed by atoms with Gasteiger partial charge in [-0.05, 0) is 34.7 Å². The highest BCUT2D eigenvalue weighted by Crippen LogP contribution is 2.27. The van der Waals surface area contributed by atoms with Crippen molar-refractivity contribution in [2.45, 2.75) is 19.8 Å². The summed E-state index contributed by atoms with van der Waals surface area (Å²) in [5, 5.41) is 11.1. The first-order valence-electron chi connectivity index (χ1n) is 5.48. The topological polar surface area (TPSA) is 61.0 Å². The van der Waals surface area contributed by atoms with Crippen LogP contribution in [0.15, 0.2) is 30.6 Å². The van der Waals surface area contributed by atoms with Crippen molar-refractivity contribution in [2.24, 2.45) is 0 Å². The number of nitro groups is 1. The van der Waals surface area contributed by atoms with Gasteiger partial charge in [-0.3, -0.25) is 14.7 Å². The van der Waals surface area contributed by atoms with Gasteiger partial charge >= 0.3 is 0 Å². The van der Waals surface area contributed by atoms with E-state index in [0.717, 1.165) is 9.39 Å². The first-order valence-corrected chi connectivity index (χ1v) is 6.56. The Balaban J connectivity index is 2.63. The smallest absolute Gasteiger partial charge is 0.294 e. The van der Waals surface area contributed by atoms with Gasteiger partial charge in [0.15, 0.2) is 0 Å². The van der Waals surface area contributed by atoms with E-state index >= 15 is 0 Å². The van der Waals surface area contributed by atoms with Gasteiger partial charge in [0.2, 0.25) is 0 Å². The molecule has 0 saturated heterocycles. The van der Waals surface area contributed by atoms with E-state index in [9.17, 15) is 10.1 Å². The molecule has 0 saturated carbocycles. The highest BCUT2D eigenvalue weighted by atomic mass is 127. The second kappa shape index (κ2) is 5.05. The third kappa shape index (κ3) is 2.38. The van der Waals surface area contributed by atoms with Crippen molar-refractivity contribution in [2.75, 3.05) is 0 Å². The van der Waals surface area contributed by atoms with Crippen LogP contribution in [-0.2, 0) is 0 Å². The molecule has 5 nitrogen and oxygen atoms in total. The Morgan fingerprint density at radius 1 is 1.44 bits per heavy atom. The van der Waals surface area contributed by atoms with Gasteiger partial charge in [0, 0.05) is 27.9 Å². The summed E-state index contributed by atoms with van der Waals surface area (Å²) >= 11 is 2.07. The molecule has 94 valence electrons. The van der Waals surface area contributed by atoms with Gasteiger partial charge in [-0.2, -0.15) is 0 Å². The minimum atomic E-state index is -0.360. The number of hydrogen-bond donors (Lipinski definition) is 0. The molecular weight excluding hydrogens is 345 g/mol. The van der Waals surface area contributed by atoms with E-state index in [4.69, 9.17) is 0 Å². The molecule has 0 unspecified atom stereocenters. The lowest BCUT2D eigenvalue weighted by Gasteiger charge is -2.10. The van der Waals surface area contributed by atoms with Crippen LogP contribution in [0.2, 0.25) is 0 Å². The number of halogens is 1. The van der Waals surface area contributed by atoms with Crippen LogP contribution in [0.1, 0.15) is 25.6 Å². The summed E-state index contributed by atoms with van der Waals surface area (Å²) in [7, 11) is 0. The Labute approximate surface area is 118 Å². The van der Waals surface area contributed by atoms with Crippen LogP contribution >= 0.6 is 22.6 Å². The number of aromatic nitrogens is 2. The highest BCUT2D eigenvalue weighted by Gasteiger charge is 2.18. The fourth-order valence-corrected chi connectivity index (χ4v) is 2.27. The summed E-state index contributed by atoms with van der Waals surface area (Å²) in [5.74, 6) is 1.03. The van der Waals surface area contributed by atoms with Crippen LogP contribution in [0.5, 0.6) is 0 Å². The SMILES string of the molecule is CC(C)c1nccn1-c1ccc(I)cc1[N+](=O)[O-]. The molecule has 2 rings (SSSR count). The lowest BCUT2D eigenvalue weighted by molar-refractivity contribution is -0.384. The average Bonchev–Trinajstić information content (AvgIpc) is 2.77. The normalized spacial score (nSPS) is 10.9. The number of hydrogen-bond acceptors (Lipinski definition) is 3. The van der Waals surface area contributed by atoms with Crippen molar-refractivity contribution >= 4 is 28.3 Å². The molecule has 1 aromatic carbocycles. The predicted octanol–water partition coefficient (Wildman–Crippen LogP) is 3.51. The second-order valence-electron chi connectivity index (χ2n) is 4.20. The molecule has 18 heavy (non-hydrogen) atoms. The number of imidazole rings is 1. The Morgan fingerprint density at radius 3 is 2.78 bits per heavy atom. The van der Waals surface area contributed by atoms with Crippen LogP contribution in [0.3, 0.4) is 0 Å². The van der Waals surface area contributed by atoms with Gasteiger partial charge < -0.3 is 0 Å². The molecule has 0 N–H and O–H groups in total. The lowest BCUT2D eigenvalue weighted by Crippen LogP contribution is -2.05. The molecular formula is C12H12IN3O2. The van der Waals surface area contributed by atoms with E-state index in [1.54, 1.807) is 29.1 Å². The summed E-state index contributed by atoms with van der Waals surface area (Å²) in [5.41, 5.74) is 0.656. The maximum absolute atomic E-state index is 11.1. The van der Waals surface area contributed by atoms with Crippen LogP contribution in [0.4, 0.5) is 5.69 Å². The molecule has 0 radical (unpaired) electrons. The summed E-state index contributed by atoms with van der Waals surface area (Å²) in [6.07, 6.45) is 3.42. The molecule has 0 fully saturated rings. The van der Waals surface area contributed by atoms with Gasteiger partial charge in [0.1, 0.15) is 11.5 Å². The largest absolute Gasteiger partial charge is 0.297 e. The highest BCUT2D eigenvalue weighted by molar-refractivity contribution is 14.1. The van der Waals surface area contributed by atoms with E-state index in [0.29, 0.717) is 5.69 Å². The molecule has 1 aromatic heterocycles. The third-order valence-corrected chi connectivity index (χ3v) is 3.25. The number of benzene rings is 1. The van der Waals surface area contributed by atoms with E-state index < -0.39 is 0 Å². The van der Waals surface area contributed by atoms with Crippen molar-refractivity contribution in [1.82, 2.24) is 9.55 Å². The minimum absolute atomic E-state index is 0.0989. The van der Waals surface area contributed by atoms with Gasteiger partial charge in [-0.15, -0.1) is 0 Å². The monoisotopic (exact) mass is 357 g/mol. The van der Waals surface area contributed by atoms with Crippen molar-refractivity contribution in [1.29, 1.82) is 0 Å². The van der Waals surface area contributed by atoms with Crippen LogP contribution < -0.4 is 0 Å². The summed E-state index contributed by atoms with van der Waals surface area (Å²) in [6.45, 7) is 4.02. The van der Waals surface area contributed by atoms with Crippen LogP contribution in [0.25, 0.3) is 5.69 Å². The van der Waals surface area contributed by atoms with Crippen molar-refractivity contribution in [3.63, 3.8) is 0 Å². The Morgan fingerprint density at radius 2 is 2.17 bits per heavy atom. The molecule has 1 heterocycles. The van der Waals surface area contributed by atoms with E-state index in [1.165, 1.54) is 0 Å². The summed E-state index contributed by atoms with van der Waals surface area (Å²) in [6, 6.07) is 5.18. The zero-order chi connectivity index (χ0) is 13.3. The molecule has 6 heteroatoms. The fourth-order valence-electron chi connectivity index (χ4n) is 1.79. The molecule has 0 atom stereocenters. The maximum atomic E-state index is 11.1. The molecule has 0 spiro atoms. The van der Waals surface area contributed by atoms with Crippen molar-refractivity contribution < 1.29 is 4.92 Å². The van der Waals surface area contributed by atoms with E-state index in [-0.39, 0.29) is 16.5 Å². The zero-order valence-electron chi connectivity index (χ0n) is 10.0. The fraction of sp³-hybridized carbons (Fsp3) is 0.250. The number of rotatable bonds is 3. The minimum Gasteiger partial charge on any atom is -0.297 e. The van der Waals surface area contributed by atoms with Crippen molar-refractivity contribution in [3.8, 4) is 5.69 Å². The van der Waals surface area contributed by atoms with Gasteiger partial charge in [0.25, 0.3) is 5.69 Å². The standard InChI is InChI=1S/C12H12IN3O2/c1-8(2)12-14-5-6-15(12)10-4-3-9(13)7-11(10)16(17)18/h3-8H,1-2H3. The van der Waals surface area contributed by atoms with Crippen LogP contribution in [-0.4, -0.2) is 14.5 Å². The Bertz CT molecular complexity index is 593. The Kier molecular flexibility index (Phi) is 3.65. The number of nitrogens with zero attached hydrogens (tertiary/aromatic N) is 3.